The first-order chi connectivity index (χ1) is 4.56. The summed E-state index contributed by atoms with van der Waals surface area (Å²) in [4.78, 5) is 6.47. The molecular formula is C4H4F3NO2. The lowest BCUT2D eigenvalue weighted by molar-refractivity contribution is -0.483. The second-order valence-electron chi connectivity index (χ2n) is 1.26. The zero-order chi connectivity index (χ0) is 8.04. The van der Waals surface area contributed by atoms with Crippen molar-refractivity contribution in [1.82, 2.24) is 0 Å². The van der Waals surface area contributed by atoms with Crippen LogP contribution in [0.1, 0.15) is 6.42 Å². The summed E-state index contributed by atoms with van der Waals surface area (Å²) in [7, 11) is 0. The van der Waals surface area contributed by atoms with Gasteiger partial charge in [-0.2, -0.15) is 5.26 Å². The Bertz CT molecular complexity index is 127. The van der Waals surface area contributed by atoms with Crippen molar-refractivity contribution in [2.45, 2.75) is 12.8 Å². The Morgan fingerprint density at radius 1 is 1.40 bits per heavy atom. The van der Waals surface area contributed by atoms with E-state index in [1.54, 1.807) is 6.07 Å². The highest BCUT2D eigenvalue weighted by molar-refractivity contribution is 4.66. The molecule has 0 aromatic carbocycles. The van der Waals surface area contributed by atoms with Crippen molar-refractivity contribution in [3.63, 3.8) is 0 Å². The third-order valence-electron chi connectivity index (χ3n) is 0.451. The van der Waals surface area contributed by atoms with Gasteiger partial charge < -0.3 is 0 Å². The molecule has 0 amide bonds. The van der Waals surface area contributed by atoms with Crippen LogP contribution in [0.3, 0.4) is 0 Å². The summed E-state index contributed by atoms with van der Waals surface area (Å²) in [6, 6.07) is 1.58. The lowest BCUT2D eigenvalue weighted by Gasteiger charge is -2.03. The summed E-state index contributed by atoms with van der Waals surface area (Å²) in [6.07, 6.45) is -4.91. The smallest absolute Gasteiger partial charge is 0.228 e. The van der Waals surface area contributed by atoms with Crippen LogP contribution in [-0.4, -0.2) is 13.0 Å². The Kier molecular flexibility index (Phi) is 3.76. The van der Waals surface area contributed by atoms with Gasteiger partial charge in [-0.25, -0.2) is 4.89 Å². The molecule has 0 fully saturated rings. The molecule has 0 spiro atoms. The molecule has 58 valence electrons. The van der Waals surface area contributed by atoms with Crippen LogP contribution in [0.25, 0.3) is 0 Å². The van der Waals surface area contributed by atoms with Gasteiger partial charge in [0.1, 0.15) is 0 Å². The minimum atomic E-state index is -4.78. The molecule has 0 aliphatic rings. The molecule has 0 atom stereocenters. The minimum Gasteiger partial charge on any atom is -0.228 e. The van der Waals surface area contributed by atoms with Crippen molar-refractivity contribution in [2.24, 2.45) is 0 Å². The third-order valence-corrected chi connectivity index (χ3v) is 0.451. The summed E-state index contributed by atoms with van der Waals surface area (Å²) >= 11 is 0. The SMILES string of the molecule is N#CCCOOC(F)(F)F. The number of nitrogens with zero attached hydrogens (tertiary/aromatic N) is 1. The monoisotopic (exact) mass is 155 g/mol. The second-order valence-corrected chi connectivity index (χ2v) is 1.26. The fraction of sp³-hybridized carbons (Fsp3) is 0.750. The van der Waals surface area contributed by atoms with Gasteiger partial charge >= 0.3 is 6.36 Å². The zero-order valence-corrected chi connectivity index (χ0v) is 4.81. The Hall–Kier alpha value is -0.800. The molecular weight excluding hydrogens is 151 g/mol. The number of halogens is 3. The van der Waals surface area contributed by atoms with Crippen LogP contribution in [0.4, 0.5) is 13.2 Å². The number of hydrogen-bond donors (Lipinski definition) is 0. The first-order valence-corrected chi connectivity index (χ1v) is 2.30. The predicted molar refractivity (Wildman–Crippen MR) is 23.3 cm³/mol. The Morgan fingerprint density at radius 2 is 2.00 bits per heavy atom. The van der Waals surface area contributed by atoms with E-state index in [1.165, 1.54) is 0 Å². The van der Waals surface area contributed by atoms with E-state index in [-0.39, 0.29) is 13.0 Å². The maximum atomic E-state index is 11.1. The third kappa shape index (κ3) is 7.20. The average molecular weight is 155 g/mol. The maximum absolute atomic E-state index is 11.1. The Morgan fingerprint density at radius 3 is 2.40 bits per heavy atom. The second kappa shape index (κ2) is 4.09. The largest absolute Gasteiger partial charge is 0.549 e. The van der Waals surface area contributed by atoms with Crippen LogP contribution < -0.4 is 0 Å². The summed E-state index contributed by atoms with van der Waals surface area (Å²) in [5.41, 5.74) is 0. The molecule has 3 nitrogen and oxygen atoms in total. The average Bonchev–Trinajstić information content (AvgIpc) is 1.78. The molecule has 0 aliphatic heterocycles. The molecule has 0 N–H and O–H groups in total. The predicted octanol–water partition coefficient (Wildman–Crippen LogP) is 1.37. The van der Waals surface area contributed by atoms with Gasteiger partial charge in [0, 0.05) is 0 Å². The van der Waals surface area contributed by atoms with E-state index in [1.807, 2.05) is 0 Å². The van der Waals surface area contributed by atoms with Gasteiger partial charge in [-0.15, -0.1) is 18.1 Å². The van der Waals surface area contributed by atoms with Gasteiger partial charge in [-0.05, 0) is 0 Å². The molecule has 10 heavy (non-hydrogen) atoms. The normalized spacial score (nSPS) is 11.0. The van der Waals surface area contributed by atoms with E-state index in [9.17, 15) is 13.2 Å². The molecule has 0 aromatic heterocycles. The van der Waals surface area contributed by atoms with Gasteiger partial charge in [-0.3, -0.25) is 0 Å². The Balaban J connectivity index is 3.14. The molecule has 0 unspecified atom stereocenters. The number of alkyl halides is 3. The van der Waals surface area contributed by atoms with Crippen molar-refractivity contribution in [1.29, 1.82) is 5.26 Å². The molecule has 0 radical (unpaired) electrons. The van der Waals surface area contributed by atoms with Crippen molar-refractivity contribution < 1.29 is 22.9 Å². The van der Waals surface area contributed by atoms with E-state index in [0.29, 0.717) is 0 Å². The van der Waals surface area contributed by atoms with E-state index in [4.69, 9.17) is 5.26 Å². The van der Waals surface area contributed by atoms with E-state index < -0.39 is 6.36 Å². The number of hydrogen-bond acceptors (Lipinski definition) is 3. The highest BCUT2D eigenvalue weighted by Crippen LogP contribution is 2.15. The van der Waals surface area contributed by atoms with Crippen molar-refractivity contribution in [3.8, 4) is 6.07 Å². The quantitative estimate of drug-likeness (QED) is 0.351. The molecule has 0 heterocycles. The molecule has 0 aliphatic carbocycles. The van der Waals surface area contributed by atoms with Gasteiger partial charge in [0.05, 0.1) is 19.1 Å². The van der Waals surface area contributed by atoms with E-state index >= 15 is 0 Å². The fourth-order valence-corrected chi connectivity index (χ4v) is 0.196. The summed E-state index contributed by atoms with van der Waals surface area (Å²) in [6.45, 7) is -0.379. The fourth-order valence-electron chi connectivity index (χ4n) is 0.196. The zero-order valence-electron chi connectivity index (χ0n) is 4.81. The lowest BCUT2D eigenvalue weighted by atomic mass is 10.5. The van der Waals surface area contributed by atoms with Crippen LogP contribution in [0, 0.1) is 11.3 Å². The summed E-state index contributed by atoms with van der Waals surface area (Å²) in [5, 5.41) is 7.83. The van der Waals surface area contributed by atoms with Crippen LogP contribution in [-0.2, 0) is 9.78 Å². The number of rotatable bonds is 3. The molecule has 0 aromatic rings. The van der Waals surface area contributed by atoms with Gasteiger partial charge in [0.15, 0.2) is 0 Å². The van der Waals surface area contributed by atoms with E-state index in [2.05, 4.69) is 9.78 Å². The van der Waals surface area contributed by atoms with E-state index in [0.717, 1.165) is 0 Å². The maximum Gasteiger partial charge on any atom is 0.549 e. The van der Waals surface area contributed by atoms with Crippen molar-refractivity contribution in [2.75, 3.05) is 6.61 Å². The first kappa shape index (κ1) is 9.20. The highest BCUT2D eigenvalue weighted by atomic mass is 19.4. The van der Waals surface area contributed by atoms with Gasteiger partial charge in [0.2, 0.25) is 0 Å². The van der Waals surface area contributed by atoms with Crippen LogP contribution in [0.5, 0.6) is 0 Å². The summed E-state index contributed by atoms with van der Waals surface area (Å²) < 4.78 is 33.2. The molecule has 0 rings (SSSR count). The summed E-state index contributed by atoms with van der Waals surface area (Å²) in [5.74, 6) is 0. The molecule has 0 saturated carbocycles. The number of nitriles is 1. The molecule has 0 saturated heterocycles. The van der Waals surface area contributed by atoms with Crippen molar-refractivity contribution >= 4 is 0 Å². The molecule has 6 heteroatoms. The topological polar surface area (TPSA) is 42.2 Å². The molecule has 0 bridgehead atoms. The lowest BCUT2D eigenvalue weighted by Crippen LogP contribution is -2.13. The Labute approximate surface area is 54.9 Å². The van der Waals surface area contributed by atoms with Gasteiger partial charge in [-0.1, -0.05) is 0 Å². The minimum absolute atomic E-state index is 0.129. The first-order valence-electron chi connectivity index (χ1n) is 2.30. The highest BCUT2D eigenvalue weighted by Gasteiger charge is 2.30. The van der Waals surface area contributed by atoms with Crippen LogP contribution in [0.2, 0.25) is 0 Å². The van der Waals surface area contributed by atoms with Crippen molar-refractivity contribution in [3.05, 3.63) is 0 Å². The van der Waals surface area contributed by atoms with Gasteiger partial charge in [0.25, 0.3) is 0 Å². The van der Waals surface area contributed by atoms with Crippen LogP contribution >= 0.6 is 0 Å². The standard InChI is InChI=1S/C4H4F3NO2/c5-4(6,7)10-9-3-1-2-8/h1,3H2. The van der Waals surface area contributed by atoms with Crippen LogP contribution in [0.15, 0.2) is 0 Å².